The molecule has 0 saturated carbocycles. The minimum Gasteiger partial charge on any atom is -0.497 e. The summed E-state index contributed by atoms with van der Waals surface area (Å²) >= 11 is 0. The lowest BCUT2D eigenvalue weighted by atomic mass is 9.97. The summed E-state index contributed by atoms with van der Waals surface area (Å²) in [6.07, 6.45) is 1.49. The standard InChI is InChI=1S/C14H17N3O3/c1-19-10-2-3-12-11(8-10)16-14(20-12)17-6-4-9(5-7-17)13(15)18/h2-3,8-9H,4-7H2,1H3,(H2,15,18). The second kappa shape index (κ2) is 5.03. The lowest BCUT2D eigenvalue weighted by Gasteiger charge is -2.29. The maximum Gasteiger partial charge on any atom is 0.298 e. The van der Waals surface area contributed by atoms with Crippen LogP contribution in [0.5, 0.6) is 5.75 Å². The third kappa shape index (κ3) is 2.29. The number of methoxy groups -OCH3 is 1. The second-order valence-corrected chi connectivity index (χ2v) is 4.99. The number of ether oxygens (including phenoxy) is 1. The van der Waals surface area contributed by atoms with Gasteiger partial charge in [-0.15, -0.1) is 0 Å². The van der Waals surface area contributed by atoms with Gasteiger partial charge in [0.15, 0.2) is 5.58 Å². The Kier molecular flexibility index (Phi) is 3.22. The van der Waals surface area contributed by atoms with Gasteiger partial charge in [-0.05, 0) is 25.0 Å². The van der Waals surface area contributed by atoms with Crippen LogP contribution in [-0.4, -0.2) is 31.1 Å². The van der Waals surface area contributed by atoms with Crippen LogP contribution in [0.2, 0.25) is 0 Å². The Labute approximate surface area is 116 Å². The molecule has 1 amide bonds. The average molecular weight is 275 g/mol. The van der Waals surface area contributed by atoms with Gasteiger partial charge < -0.3 is 19.8 Å². The Morgan fingerprint density at radius 3 is 2.85 bits per heavy atom. The molecule has 2 aromatic rings. The number of amides is 1. The molecular weight excluding hydrogens is 258 g/mol. The highest BCUT2D eigenvalue weighted by Crippen LogP contribution is 2.28. The molecule has 0 spiro atoms. The summed E-state index contributed by atoms with van der Waals surface area (Å²) in [6, 6.07) is 6.13. The topological polar surface area (TPSA) is 81.6 Å². The van der Waals surface area contributed by atoms with Crippen molar-refractivity contribution < 1.29 is 13.9 Å². The summed E-state index contributed by atoms with van der Waals surface area (Å²) in [5, 5.41) is 0. The van der Waals surface area contributed by atoms with Crippen LogP contribution < -0.4 is 15.4 Å². The zero-order valence-corrected chi connectivity index (χ0v) is 11.3. The van der Waals surface area contributed by atoms with Gasteiger partial charge in [-0.3, -0.25) is 4.79 Å². The Morgan fingerprint density at radius 1 is 1.45 bits per heavy atom. The molecule has 0 radical (unpaired) electrons. The zero-order valence-electron chi connectivity index (χ0n) is 11.3. The van der Waals surface area contributed by atoms with E-state index in [0.29, 0.717) is 6.01 Å². The number of anilines is 1. The Balaban J connectivity index is 1.79. The smallest absolute Gasteiger partial charge is 0.298 e. The van der Waals surface area contributed by atoms with Gasteiger partial charge in [-0.2, -0.15) is 4.98 Å². The Hall–Kier alpha value is -2.24. The number of benzene rings is 1. The zero-order chi connectivity index (χ0) is 14.1. The number of carbonyl (C=O) groups is 1. The maximum absolute atomic E-state index is 11.2. The molecule has 1 fully saturated rings. The van der Waals surface area contributed by atoms with E-state index in [-0.39, 0.29) is 11.8 Å². The van der Waals surface area contributed by atoms with E-state index in [1.165, 1.54) is 0 Å². The Morgan fingerprint density at radius 2 is 2.20 bits per heavy atom. The summed E-state index contributed by atoms with van der Waals surface area (Å²) in [5.74, 6) is 0.507. The first-order chi connectivity index (χ1) is 9.67. The summed E-state index contributed by atoms with van der Waals surface area (Å²) in [4.78, 5) is 17.7. The highest BCUT2D eigenvalue weighted by atomic mass is 16.5. The Bertz CT molecular complexity index is 630. The lowest BCUT2D eigenvalue weighted by Crippen LogP contribution is -2.38. The van der Waals surface area contributed by atoms with E-state index < -0.39 is 0 Å². The van der Waals surface area contributed by atoms with Gasteiger partial charge in [-0.1, -0.05) is 0 Å². The number of fused-ring (bicyclic) bond motifs is 1. The molecule has 2 heterocycles. The minimum absolute atomic E-state index is 0.0317. The monoisotopic (exact) mass is 275 g/mol. The highest BCUT2D eigenvalue weighted by molar-refractivity contribution is 5.77. The van der Waals surface area contributed by atoms with Crippen molar-refractivity contribution in [2.24, 2.45) is 11.7 Å². The van der Waals surface area contributed by atoms with Crippen LogP contribution in [0, 0.1) is 5.92 Å². The molecule has 1 saturated heterocycles. The van der Waals surface area contributed by atoms with Crippen molar-refractivity contribution in [1.82, 2.24) is 4.98 Å². The fourth-order valence-electron chi connectivity index (χ4n) is 2.51. The SMILES string of the molecule is COc1ccc2oc(N3CCC(C(N)=O)CC3)nc2c1. The fraction of sp³-hybridized carbons (Fsp3) is 0.429. The van der Waals surface area contributed by atoms with Crippen molar-refractivity contribution in [2.75, 3.05) is 25.1 Å². The normalized spacial score (nSPS) is 16.6. The number of hydrogen-bond acceptors (Lipinski definition) is 5. The molecule has 0 bridgehead atoms. The molecule has 20 heavy (non-hydrogen) atoms. The first-order valence-electron chi connectivity index (χ1n) is 6.66. The first kappa shape index (κ1) is 12.8. The predicted molar refractivity (Wildman–Crippen MR) is 74.7 cm³/mol. The fourth-order valence-corrected chi connectivity index (χ4v) is 2.51. The van der Waals surface area contributed by atoms with E-state index in [1.54, 1.807) is 7.11 Å². The lowest BCUT2D eigenvalue weighted by molar-refractivity contribution is -0.122. The number of rotatable bonds is 3. The van der Waals surface area contributed by atoms with Crippen molar-refractivity contribution in [3.63, 3.8) is 0 Å². The number of oxazole rings is 1. The van der Waals surface area contributed by atoms with E-state index in [4.69, 9.17) is 14.9 Å². The van der Waals surface area contributed by atoms with Crippen LogP contribution in [0.3, 0.4) is 0 Å². The highest BCUT2D eigenvalue weighted by Gasteiger charge is 2.25. The number of primary amides is 1. The number of hydrogen-bond donors (Lipinski definition) is 1. The van der Waals surface area contributed by atoms with Crippen molar-refractivity contribution >= 4 is 23.0 Å². The van der Waals surface area contributed by atoms with Gasteiger partial charge in [0.25, 0.3) is 6.01 Å². The molecule has 0 atom stereocenters. The van der Waals surface area contributed by atoms with Crippen molar-refractivity contribution in [2.45, 2.75) is 12.8 Å². The molecule has 1 aliphatic rings. The van der Waals surface area contributed by atoms with Gasteiger partial charge in [0.05, 0.1) is 7.11 Å². The maximum atomic E-state index is 11.2. The molecular formula is C14H17N3O3. The molecule has 6 heteroatoms. The minimum atomic E-state index is -0.216. The van der Waals surface area contributed by atoms with E-state index in [9.17, 15) is 4.79 Å². The molecule has 1 aromatic heterocycles. The first-order valence-corrected chi connectivity index (χ1v) is 6.66. The van der Waals surface area contributed by atoms with Gasteiger partial charge in [0.2, 0.25) is 5.91 Å². The summed E-state index contributed by atoms with van der Waals surface area (Å²) in [7, 11) is 1.62. The average Bonchev–Trinajstić information content (AvgIpc) is 2.90. The quantitative estimate of drug-likeness (QED) is 0.918. The van der Waals surface area contributed by atoms with Crippen LogP contribution in [0.25, 0.3) is 11.1 Å². The molecule has 1 aliphatic heterocycles. The number of piperidine rings is 1. The molecule has 1 aromatic carbocycles. The molecule has 6 nitrogen and oxygen atoms in total. The summed E-state index contributed by atoms with van der Waals surface area (Å²) in [5.41, 5.74) is 6.84. The third-order valence-corrected chi connectivity index (χ3v) is 3.75. The van der Waals surface area contributed by atoms with Gasteiger partial charge in [0, 0.05) is 25.1 Å². The number of aromatic nitrogens is 1. The van der Waals surface area contributed by atoms with E-state index in [0.717, 1.165) is 42.8 Å². The van der Waals surface area contributed by atoms with Crippen molar-refractivity contribution in [1.29, 1.82) is 0 Å². The van der Waals surface area contributed by atoms with Gasteiger partial charge in [0.1, 0.15) is 11.3 Å². The molecule has 106 valence electrons. The summed E-state index contributed by atoms with van der Waals surface area (Å²) in [6.45, 7) is 1.47. The molecule has 0 unspecified atom stereocenters. The van der Waals surface area contributed by atoms with Crippen LogP contribution in [0.4, 0.5) is 6.01 Å². The van der Waals surface area contributed by atoms with Crippen molar-refractivity contribution in [3.05, 3.63) is 18.2 Å². The molecule has 3 rings (SSSR count). The van der Waals surface area contributed by atoms with Gasteiger partial charge >= 0.3 is 0 Å². The van der Waals surface area contributed by atoms with E-state index in [2.05, 4.69) is 4.98 Å². The molecule has 2 N–H and O–H groups in total. The van der Waals surface area contributed by atoms with Crippen LogP contribution in [0.1, 0.15) is 12.8 Å². The predicted octanol–water partition coefficient (Wildman–Crippen LogP) is 1.54. The number of carbonyl (C=O) groups excluding carboxylic acids is 1. The van der Waals surface area contributed by atoms with Crippen molar-refractivity contribution in [3.8, 4) is 5.75 Å². The van der Waals surface area contributed by atoms with Crippen LogP contribution >= 0.6 is 0 Å². The largest absolute Gasteiger partial charge is 0.497 e. The number of nitrogens with zero attached hydrogens (tertiary/aromatic N) is 2. The molecule has 0 aliphatic carbocycles. The third-order valence-electron chi connectivity index (χ3n) is 3.75. The van der Waals surface area contributed by atoms with E-state index >= 15 is 0 Å². The second-order valence-electron chi connectivity index (χ2n) is 4.99. The number of nitrogens with two attached hydrogens (primary N) is 1. The van der Waals surface area contributed by atoms with Crippen LogP contribution in [0.15, 0.2) is 22.6 Å². The van der Waals surface area contributed by atoms with Gasteiger partial charge in [-0.25, -0.2) is 0 Å². The summed E-state index contributed by atoms with van der Waals surface area (Å²) < 4.78 is 10.9. The van der Waals surface area contributed by atoms with Crippen LogP contribution in [-0.2, 0) is 4.79 Å². The van der Waals surface area contributed by atoms with E-state index in [1.807, 2.05) is 23.1 Å².